The largest absolute Gasteiger partial charge is 0.496 e. The van der Waals surface area contributed by atoms with Crippen molar-refractivity contribution in [1.82, 2.24) is 5.16 Å². The molecule has 1 N–H and O–H groups in total. The summed E-state index contributed by atoms with van der Waals surface area (Å²) in [5, 5.41) is 12.2. The molecule has 1 aromatic heterocycles. The van der Waals surface area contributed by atoms with Crippen molar-refractivity contribution in [3.8, 4) is 17.1 Å². The van der Waals surface area contributed by atoms with Crippen LogP contribution >= 0.6 is 0 Å². The minimum atomic E-state index is -1.26. The van der Waals surface area contributed by atoms with E-state index in [-0.39, 0.29) is 29.4 Å². The Morgan fingerprint density at radius 1 is 1.45 bits per heavy atom. The molecule has 0 aliphatic rings. The fourth-order valence-electron chi connectivity index (χ4n) is 1.76. The third kappa shape index (κ3) is 2.48. The molecule has 6 nitrogen and oxygen atoms in total. The van der Waals surface area contributed by atoms with E-state index < -0.39 is 11.8 Å². The molecule has 0 aliphatic carbocycles. The van der Waals surface area contributed by atoms with Crippen molar-refractivity contribution in [2.75, 3.05) is 14.2 Å². The van der Waals surface area contributed by atoms with Gasteiger partial charge >= 0.3 is 5.97 Å². The number of ether oxygens (including phenoxy) is 2. The van der Waals surface area contributed by atoms with E-state index in [1.807, 2.05) is 0 Å². The van der Waals surface area contributed by atoms with Crippen molar-refractivity contribution >= 4 is 5.97 Å². The van der Waals surface area contributed by atoms with E-state index in [4.69, 9.17) is 19.1 Å². The summed E-state index contributed by atoms with van der Waals surface area (Å²) < 4.78 is 29.2. The predicted molar refractivity (Wildman–Crippen MR) is 66.1 cm³/mol. The third-order valence-corrected chi connectivity index (χ3v) is 2.68. The number of aromatic nitrogens is 1. The van der Waals surface area contributed by atoms with Gasteiger partial charge in [-0.2, -0.15) is 0 Å². The summed E-state index contributed by atoms with van der Waals surface area (Å²) in [4.78, 5) is 10.8. The van der Waals surface area contributed by atoms with Gasteiger partial charge in [0, 0.05) is 18.7 Å². The fourth-order valence-corrected chi connectivity index (χ4v) is 1.76. The summed E-state index contributed by atoms with van der Waals surface area (Å²) in [5.74, 6) is -1.66. The Kier molecular flexibility index (Phi) is 3.99. The molecule has 2 rings (SSSR count). The molecule has 2 aromatic rings. The molecule has 20 heavy (non-hydrogen) atoms. The molecular formula is C13H12FNO5. The maximum Gasteiger partial charge on any atom is 0.358 e. The van der Waals surface area contributed by atoms with Crippen LogP contribution in [-0.2, 0) is 11.3 Å². The van der Waals surface area contributed by atoms with Gasteiger partial charge in [-0.3, -0.25) is 0 Å². The zero-order valence-corrected chi connectivity index (χ0v) is 10.8. The molecule has 0 atom stereocenters. The molecular weight excluding hydrogens is 269 g/mol. The highest BCUT2D eigenvalue weighted by molar-refractivity contribution is 5.86. The van der Waals surface area contributed by atoms with Crippen LogP contribution in [0.15, 0.2) is 22.7 Å². The molecule has 0 fully saturated rings. The van der Waals surface area contributed by atoms with Crippen LogP contribution in [0.5, 0.6) is 5.75 Å². The summed E-state index contributed by atoms with van der Waals surface area (Å²) in [5.41, 5.74) is 0.0113. The average Bonchev–Trinajstić information content (AvgIpc) is 2.90. The van der Waals surface area contributed by atoms with E-state index in [9.17, 15) is 9.18 Å². The first-order chi connectivity index (χ1) is 9.58. The van der Waals surface area contributed by atoms with Crippen LogP contribution in [0.1, 0.15) is 16.1 Å². The number of carboxylic acid groups (broad SMARTS) is 1. The molecule has 0 spiro atoms. The molecule has 0 amide bonds. The first-order valence-electron chi connectivity index (χ1n) is 5.63. The van der Waals surface area contributed by atoms with E-state index in [1.165, 1.54) is 20.3 Å². The normalized spacial score (nSPS) is 10.6. The van der Waals surface area contributed by atoms with Gasteiger partial charge < -0.3 is 19.1 Å². The van der Waals surface area contributed by atoms with Gasteiger partial charge in [-0.15, -0.1) is 0 Å². The smallest absolute Gasteiger partial charge is 0.358 e. The van der Waals surface area contributed by atoms with Gasteiger partial charge in [0.05, 0.1) is 19.3 Å². The molecule has 0 radical (unpaired) electrons. The number of benzene rings is 1. The Morgan fingerprint density at radius 2 is 2.20 bits per heavy atom. The highest BCUT2D eigenvalue weighted by Crippen LogP contribution is 2.35. The van der Waals surface area contributed by atoms with Gasteiger partial charge in [-0.25, -0.2) is 9.18 Å². The van der Waals surface area contributed by atoms with Crippen molar-refractivity contribution in [2.45, 2.75) is 6.61 Å². The van der Waals surface area contributed by atoms with Crippen LogP contribution < -0.4 is 4.74 Å². The summed E-state index contributed by atoms with van der Waals surface area (Å²) in [6.07, 6.45) is 0. The summed E-state index contributed by atoms with van der Waals surface area (Å²) in [6, 6.07) is 4.21. The quantitative estimate of drug-likeness (QED) is 0.905. The average molecular weight is 281 g/mol. The zero-order chi connectivity index (χ0) is 14.7. The second-order valence-electron chi connectivity index (χ2n) is 3.93. The lowest BCUT2D eigenvalue weighted by molar-refractivity contribution is 0.0686. The van der Waals surface area contributed by atoms with Gasteiger partial charge in [-0.1, -0.05) is 11.2 Å². The topological polar surface area (TPSA) is 81.8 Å². The lowest BCUT2D eigenvalue weighted by Gasteiger charge is -2.10. The lowest BCUT2D eigenvalue weighted by atomic mass is 10.1. The van der Waals surface area contributed by atoms with E-state index in [0.29, 0.717) is 5.56 Å². The third-order valence-electron chi connectivity index (χ3n) is 2.68. The van der Waals surface area contributed by atoms with Gasteiger partial charge in [0.15, 0.2) is 11.5 Å². The second-order valence-corrected chi connectivity index (χ2v) is 3.93. The monoisotopic (exact) mass is 281 g/mol. The van der Waals surface area contributed by atoms with Crippen LogP contribution in [0.4, 0.5) is 4.39 Å². The first kappa shape index (κ1) is 14.0. The van der Waals surface area contributed by atoms with Gasteiger partial charge in [0.2, 0.25) is 0 Å². The lowest BCUT2D eigenvalue weighted by Crippen LogP contribution is -1.98. The number of carbonyl (C=O) groups is 1. The van der Waals surface area contributed by atoms with Crippen LogP contribution in [0.25, 0.3) is 11.3 Å². The Labute approximate surface area is 113 Å². The minimum Gasteiger partial charge on any atom is -0.496 e. The first-order valence-corrected chi connectivity index (χ1v) is 5.63. The van der Waals surface area contributed by atoms with E-state index in [1.54, 1.807) is 6.07 Å². The Balaban J connectivity index is 2.57. The number of nitrogens with zero attached hydrogens (tertiary/aromatic N) is 1. The number of hydrogen-bond donors (Lipinski definition) is 1. The van der Waals surface area contributed by atoms with Gasteiger partial charge in [0.1, 0.15) is 11.6 Å². The van der Waals surface area contributed by atoms with E-state index in [0.717, 1.165) is 6.07 Å². The summed E-state index contributed by atoms with van der Waals surface area (Å²) in [6.45, 7) is 0.0722. The number of rotatable bonds is 5. The highest BCUT2D eigenvalue weighted by Gasteiger charge is 2.21. The number of hydrogen-bond acceptors (Lipinski definition) is 5. The minimum absolute atomic E-state index is 0.0158. The Morgan fingerprint density at radius 3 is 2.75 bits per heavy atom. The van der Waals surface area contributed by atoms with Crippen molar-refractivity contribution in [3.05, 3.63) is 35.3 Å². The van der Waals surface area contributed by atoms with Crippen molar-refractivity contribution in [2.24, 2.45) is 0 Å². The molecule has 0 aliphatic heterocycles. The molecule has 0 bridgehead atoms. The maximum atomic E-state index is 14.4. The Bertz CT molecular complexity index is 638. The predicted octanol–water partition coefficient (Wildman–Crippen LogP) is 2.33. The summed E-state index contributed by atoms with van der Waals surface area (Å²) in [7, 11) is 2.82. The van der Waals surface area contributed by atoms with Crippen molar-refractivity contribution in [1.29, 1.82) is 0 Å². The highest BCUT2D eigenvalue weighted by atomic mass is 19.1. The van der Waals surface area contributed by atoms with E-state index in [2.05, 4.69) is 5.16 Å². The summed E-state index contributed by atoms with van der Waals surface area (Å²) >= 11 is 0. The number of carboxylic acids is 1. The number of halogens is 1. The Hall–Kier alpha value is -2.41. The van der Waals surface area contributed by atoms with Crippen LogP contribution in [0, 0.1) is 5.82 Å². The van der Waals surface area contributed by atoms with E-state index >= 15 is 0 Å². The van der Waals surface area contributed by atoms with Crippen LogP contribution in [0.3, 0.4) is 0 Å². The maximum absolute atomic E-state index is 14.4. The number of aromatic carboxylic acids is 1. The van der Waals surface area contributed by atoms with Crippen molar-refractivity contribution < 1.29 is 28.3 Å². The molecule has 0 saturated heterocycles. The molecule has 1 heterocycles. The van der Waals surface area contributed by atoms with Gasteiger partial charge in [-0.05, 0) is 6.07 Å². The fraction of sp³-hybridized carbons (Fsp3) is 0.231. The van der Waals surface area contributed by atoms with Gasteiger partial charge in [0.25, 0.3) is 0 Å². The van der Waals surface area contributed by atoms with Crippen LogP contribution in [0.2, 0.25) is 0 Å². The molecule has 0 saturated carbocycles. The van der Waals surface area contributed by atoms with Crippen molar-refractivity contribution in [3.63, 3.8) is 0 Å². The number of methoxy groups -OCH3 is 2. The second kappa shape index (κ2) is 5.70. The molecule has 106 valence electrons. The van der Waals surface area contributed by atoms with Crippen LogP contribution in [-0.4, -0.2) is 30.5 Å². The SMILES string of the molecule is COCc1ccc(OC)c(-c2cc(C(=O)O)no2)c1F. The molecule has 7 heteroatoms. The zero-order valence-electron chi connectivity index (χ0n) is 10.8. The molecule has 0 unspecified atom stereocenters. The molecule has 1 aromatic carbocycles. The standard InChI is InChI=1S/C13H12FNO5/c1-18-6-7-3-4-9(19-2)11(12(7)14)10-5-8(13(16)17)15-20-10/h3-5H,6H2,1-2H3,(H,16,17).